The lowest BCUT2D eigenvalue weighted by Gasteiger charge is -2.11. The maximum Gasteiger partial charge on any atom is 0.255 e. The van der Waals surface area contributed by atoms with Crippen LogP contribution in [0.1, 0.15) is 44.0 Å². The van der Waals surface area contributed by atoms with E-state index in [4.69, 9.17) is 27.9 Å². The van der Waals surface area contributed by atoms with Gasteiger partial charge in [-0.15, -0.1) is 0 Å². The van der Waals surface area contributed by atoms with Crippen LogP contribution in [-0.4, -0.2) is 15.7 Å². The molecule has 0 fully saturated rings. The molecule has 0 radical (unpaired) electrons. The molecule has 180 valence electrons. The Morgan fingerprint density at radius 2 is 1.74 bits per heavy atom. The number of aromatic nitrogens is 2. The summed E-state index contributed by atoms with van der Waals surface area (Å²) in [6.45, 7) is 8.79. The molecule has 0 aliphatic heterocycles. The number of carbonyl (C=O) groups is 1. The SMILES string of the molecule is Cc1ccc(OCc2cccc(C(=O)Nc3c(C)nn(Cc4ccc(Cl)c(Cl)c4)c3C)c2)c(C)c1. The summed E-state index contributed by atoms with van der Waals surface area (Å²) >= 11 is 12.2. The maximum absolute atomic E-state index is 13.1. The van der Waals surface area contributed by atoms with Gasteiger partial charge >= 0.3 is 0 Å². The number of carbonyl (C=O) groups excluding carboxylic acids is 1. The summed E-state index contributed by atoms with van der Waals surface area (Å²) in [5.41, 5.74) is 7.03. The summed E-state index contributed by atoms with van der Waals surface area (Å²) in [6, 6.07) is 19.1. The fourth-order valence-corrected chi connectivity index (χ4v) is 4.27. The topological polar surface area (TPSA) is 56.1 Å². The highest BCUT2D eigenvalue weighted by Gasteiger charge is 2.16. The van der Waals surface area contributed by atoms with Crippen molar-refractivity contribution >= 4 is 34.8 Å². The van der Waals surface area contributed by atoms with Crippen LogP contribution < -0.4 is 10.1 Å². The Morgan fingerprint density at radius 3 is 2.49 bits per heavy atom. The van der Waals surface area contributed by atoms with E-state index in [9.17, 15) is 4.79 Å². The Bertz CT molecular complexity index is 1400. The predicted molar refractivity (Wildman–Crippen MR) is 142 cm³/mol. The Labute approximate surface area is 215 Å². The van der Waals surface area contributed by atoms with Crippen LogP contribution >= 0.6 is 23.2 Å². The molecule has 0 unspecified atom stereocenters. The number of hydrogen-bond acceptors (Lipinski definition) is 3. The van der Waals surface area contributed by atoms with Crippen molar-refractivity contribution in [1.82, 2.24) is 9.78 Å². The molecule has 1 aromatic heterocycles. The van der Waals surface area contributed by atoms with Crippen molar-refractivity contribution in [3.05, 3.63) is 110 Å². The van der Waals surface area contributed by atoms with E-state index in [0.29, 0.717) is 34.4 Å². The molecule has 0 saturated heterocycles. The van der Waals surface area contributed by atoms with Gasteiger partial charge in [0.05, 0.1) is 33.7 Å². The largest absolute Gasteiger partial charge is 0.489 e. The summed E-state index contributed by atoms with van der Waals surface area (Å²) in [7, 11) is 0. The molecule has 0 aliphatic rings. The number of nitrogens with zero attached hydrogens (tertiary/aromatic N) is 2. The van der Waals surface area contributed by atoms with Crippen LogP contribution in [0.25, 0.3) is 0 Å². The second kappa shape index (κ2) is 10.5. The van der Waals surface area contributed by atoms with E-state index in [1.807, 2.05) is 67.9 Å². The first kappa shape index (κ1) is 24.8. The number of nitrogens with one attached hydrogen (secondary N) is 1. The van der Waals surface area contributed by atoms with Gasteiger partial charge in [-0.25, -0.2) is 0 Å². The molecule has 4 rings (SSSR count). The van der Waals surface area contributed by atoms with E-state index in [1.165, 1.54) is 5.56 Å². The van der Waals surface area contributed by atoms with Crippen LogP contribution in [-0.2, 0) is 13.2 Å². The van der Waals surface area contributed by atoms with E-state index < -0.39 is 0 Å². The highest BCUT2D eigenvalue weighted by molar-refractivity contribution is 6.42. The second-order valence-electron chi connectivity index (χ2n) is 8.66. The van der Waals surface area contributed by atoms with Crippen molar-refractivity contribution in [2.45, 2.75) is 40.8 Å². The number of benzene rings is 3. The Hall–Kier alpha value is -3.28. The average molecular weight is 508 g/mol. The van der Waals surface area contributed by atoms with Gasteiger partial charge < -0.3 is 10.1 Å². The van der Waals surface area contributed by atoms with Crippen LogP contribution in [0.15, 0.2) is 60.7 Å². The fraction of sp³-hybridized carbons (Fsp3) is 0.214. The van der Waals surface area contributed by atoms with E-state index >= 15 is 0 Å². The summed E-state index contributed by atoms with van der Waals surface area (Å²) in [6.07, 6.45) is 0. The molecule has 1 amide bonds. The number of hydrogen-bond donors (Lipinski definition) is 1. The molecule has 3 aromatic carbocycles. The first-order chi connectivity index (χ1) is 16.7. The number of amides is 1. The maximum atomic E-state index is 13.1. The van der Waals surface area contributed by atoms with Crippen LogP contribution in [0.5, 0.6) is 5.75 Å². The van der Waals surface area contributed by atoms with Gasteiger partial charge in [0.2, 0.25) is 0 Å². The first-order valence-corrected chi connectivity index (χ1v) is 12.0. The lowest BCUT2D eigenvalue weighted by Crippen LogP contribution is -2.14. The summed E-state index contributed by atoms with van der Waals surface area (Å²) in [4.78, 5) is 13.1. The number of rotatable bonds is 7. The molecule has 1 N–H and O–H groups in total. The molecular weight excluding hydrogens is 481 g/mol. The van der Waals surface area contributed by atoms with Crippen LogP contribution in [0.3, 0.4) is 0 Å². The van der Waals surface area contributed by atoms with E-state index in [2.05, 4.69) is 23.4 Å². The minimum Gasteiger partial charge on any atom is -0.489 e. The Morgan fingerprint density at radius 1 is 0.943 bits per heavy atom. The Balaban J connectivity index is 1.46. The molecule has 7 heteroatoms. The summed E-state index contributed by atoms with van der Waals surface area (Å²) in [5.74, 6) is 0.643. The van der Waals surface area contributed by atoms with Crippen LogP contribution in [0.2, 0.25) is 10.0 Å². The van der Waals surface area contributed by atoms with Crippen LogP contribution in [0.4, 0.5) is 5.69 Å². The standard InChI is InChI=1S/C28H27Cl2N3O2/c1-17-8-11-26(18(2)12-17)35-16-22-6-5-7-23(13-22)28(34)31-27-19(3)32-33(20(27)4)15-21-9-10-24(29)25(30)14-21/h5-14H,15-16H2,1-4H3,(H,31,34). The minimum absolute atomic E-state index is 0.196. The molecule has 35 heavy (non-hydrogen) atoms. The number of anilines is 1. The van der Waals surface area contributed by atoms with Gasteiger partial charge in [0, 0.05) is 5.56 Å². The third-order valence-electron chi connectivity index (χ3n) is 5.85. The van der Waals surface area contributed by atoms with Gasteiger partial charge in [0.1, 0.15) is 12.4 Å². The van der Waals surface area contributed by atoms with Gasteiger partial charge in [-0.1, -0.05) is 59.1 Å². The number of halogens is 2. The first-order valence-electron chi connectivity index (χ1n) is 11.3. The molecule has 5 nitrogen and oxygen atoms in total. The molecule has 0 atom stereocenters. The van der Waals surface area contributed by atoms with Crippen molar-refractivity contribution in [2.24, 2.45) is 0 Å². The third-order valence-corrected chi connectivity index (χ3v) is 6.59. The Kier molecular flexibility index (Phi) is 7.48. The number of aryl methyl sites for hydroxylation is 3. The van der Waals surface area contributed by atoms with E-state index in [1.54, 1.807) is 12.1 Å². The van der Waals surface area contributed by atoms with Gasteiger partial charge in [-0.2, -0.15) is 5.10 Å². The highest BCUT2D eigenvalue weighted by atomic mass is 35.5. The van der Waals surface area contributed by atoms with Crippen molar-refractivity contribution < 1.29 is 9.53 Å². The fourth-order valence-electron chi connectivity index (χ4n) is 3.95. The molecular formula is C28H27Cl2N3O2. The molecule has 0 aliphatic carbocycles. The van der Waals surface area contributed by atoms with Gasteiger partial charge in [-0.05, 0) is 74.7 Å². The highest BCUT2D eigenvalue weighted by Crippen LogP contribution is 2.26. The van der Waals surface area contributed by atoms with Crippen molar-refractivity contribution in [1.29, 1.82) is 0 Å². The van der Waals surface area contributed by atoms with Crippen LogP contribution in [0, 0.1) is 27.7 Å². The van der Waals surface area contributed by atoms with Crippen molar-refractivity contribution in [3.63, 3.8) is 0 Å². The third kappa shape index (κ3) is 5.87. The zero-order valence-corrected chi connectivity index (χ0v) is 21.7. The van der Waals surface area contributed by atoms with Gasteiger partial charge in [0.15, 0.2) is 0 Å². The van der Waals surface area contributed by atoms with E-state index in [0.717, 1.165) is 33.8 Å². The summed E-state index contributed by atoms with van der Waals surface area (Å²) in [5, 5.41) is 8.65. The summed E-state index contributed by atoms with van der Waals surface area (Å²) < 4.78 is 7.83. The van der Waals surface area contributed by atoms with Crippen molar-refractivity contribution in [2.75, 3.05) is 5.32 Å². The molecule has 1 heterocycles. The quantitative estimate of drug-likeness (QED) is 0.285. The molecule has 4 aromatic rings. The lowest BCUT2D eigenvalue weighted by atomic mass is 10.1. The zero-order chi connectivity index (χ0) is 25.1. The smallest absolute Gasteiger partial charge is 0.255 e. The predicted octanol–water partition coefficient (Wildman–Crippen LogP) is 7.30. The van der Waals surface area contributed by atoms with Gasteiger partial charge in [-0.3, -0.25) is 9.48 Å². The van der Waals surface area contributed by atoms with E-state index in [-0.39, 0.29) is 5.91 Å². The monoisotopic (exact) mass is 507 g/mol. The molecule has 0 saturated carbocycles. The number of ether oxygens (including phenoxy) is 1. The minimum atomic E-state index is -0.196. The second-order valence-corrected chi connectivity index (χ2v) is 9.48. The average Bonchev–Trinajstić information content (AvgIpc) is 3.08. The molecule has 0 bridgehead atoms. The zero-order valence-electron chi connectivity index (χ0n) is 20.2. The molecule has 0 spiro atoms. The van der Waals surface area contributed by atoms with Gasteiger partial charge in [0.25, 0.3) is 5.91 Å². The normalized spacial score (nSPS) is 10.9. The lowest BCUT2D eigenvalue weighted by molar-refractivity contribution is 0.102. The van der Waals surface area contributed by atoms with Crippen molar-refractivity contribution in [3.8, 4) is 5.75 Å².